The number of allylic oxidation sites excluding steroid dienone is 1. The van der Waals surface area contributed by atoms with Gasteiger partial charge in [-0.25, -0.2) is 14.6 Å². The summed E-state index contributed by atoms with van der Waals surface area (Å²) in [4.78, 5) is 8.27. The zero-order valence-corrected chi connectivity index (χ0v) is 11.1. The summed E-state index contributed by atoms with van der Waals surface area (Å²) in [6, 6.07) is 0.387. The summed E-state index contributed by atoms with van der Waals surface area (Å²) in [5.74, 6) is 0.506. The quantitative estimate of drug-likeness (QED) is 0.784. The van der Waals surface area contributed by atoms with Gasteiger partial charge in [0.15, 0.2) is 5.65 Å². The third-order valence-corrected chi connectivity index (χ3v) is 3.09. The van der Waals surface area contributed by atoms with E-state index in [0.29, 0.717) is 11.9 Å². The second-order valence-corrected chi connectivity index (χ2v) is 4.30. The summed E-state index contributed by atoms with van der Waals surface area (Å²) in [7, 11) is 0. The number of nitrogens with zero attached hydrogens (tertiary/aromatic N) is 4. The molecule has 0 aromatic carbocycles. The summed E-state index contributed by atoms with van der Waals surface area (Å²) >= 11 is 0. The number of hydrogen-bond acceptors (Lipinski definition) is 4. The molecule has 0 radical (unpaired) electrons. The lowest BCUT2D eigenvalue weighted by atomic mass is 9.88. The van der Waals surface area contributed by atoms with E-state index in [1.165, 1.54) is 11.9 Å². The summed E-state index contributed by atoms with van der Waals surface area (Å²) in [6.07, 6.45) is 3.46. The molecule has 1 aliphatic rings. The number of hydrogen-bond donors (Lipinski definition) is 1. The number of nitrogen functional groups attached to an aromatic ring is 1. The van der Waals surface area contributed by atoms with Crippen molar-refractivity contribution in [1.29, 1.82) is 0 Å². The van der Waals surface area contributed by atoms with E-state index in [-0.39, 0.29) is 0 Å². The standard InChI is InChI=1S/C11H13N5.C2H6/c1-6-3-8(4-6)16-11-9(7(2)15-16)10(12)13-5-14-11;1-2/h5,8H,1,3-4H2,2H3,(H2,12,13,14);1-2H3. The molecule has 0 unspecified atom stereocenters. The molecule has 1 fully saturated rings. The van der Waals surface area contributed by atoms with Gasteiger partial charge in [-0.1, -0.05) is 26.0 Å². The van der Waals surface area contributed by atoms with Crippen molar-refractivity contribution >= 4 is 16.9 Å². The van der Waals surface area contributed by atoms with Crippen molar-refractivity contribution in [1.82, 2.24) is 19.7 Å². The third-order valence-electron chi connectivity index (χ3n) is 3.09. The van der Waals surface area contributed by atoms with Crippen LogP contribution in [0.3, 0.4) is 0 Å². The maximum Gasteiger partial charge on any atom is 0.163 e. The van der Waals surface area contributed by atoms with Gasteiger partial charge in [-0.15, -0.1) is 0 Å². The zero-order chi connectivity index (χ0) is 13.3. The van der Waals surface area contributed by atoms with Gasteiger partial charge in [-0.05, 0) is 19.8 Å². The van der Waals surface area contributed by atoms with E-state index in [9.17, 15) is 0 Å². The summed E-state index contributed by atoms with van der Waals surface area (Å²) < 4.78 is 1.96. The Hall–Kier alpha value is -1.91. The van der Waals surface area contributed by atoms with Gasteiger partial charge in [0.1, 0.15) is 12.1 Å². The van der Waals surface area contributed by atoms with Crippen molar-refractivity contribution in [3.63, 3.8) is 0 Å². The molecule has 18 heavy (non-hydrogen) atoms. The topological polar surface area (TPSA) is 69.6 Å². The van der Waals surface area contributed by atoms with E-state index in [4.69, 9.17) is 5.73 Å². The molecule has 5 heteroatoms. The lowest BCUT2D eigenvalue weighted by Gasteiger charge is -2.28. The van der Waals surface area contributed by atoms with Crippen molar-refractivity contribution in [2.45, 2.75) is 39.7 Å². The number of rotatable bonds is 1. The minimum absolute atomic E-state index is 0.387. The van der Waals surface area contributed by atoms with Crippen LogP contribution in [0.4, 0.5) is 5.82 Å². The first-order chi connectivity index (χ1) is 8.66. The largest absolute Gasteiger partial charge is 0.383 e. The van der Waals surface area contributed by atoms with E-state index in [1.54, 1.807) is 0 Å². The minimum atomic E-state index is 0.387. The Morgan fingerprint density at radius 1 is 1.33 bits per heavy atom. The Morgan fingerprint density at radius 2 is 2.00 bits per heavy atom. The van der Waals surface area contributed by atoms with Crippen LogP contribution in [-0.2, 0) is 0 Å². The second-order valence-electron chi connectivity index (χ2n) is 4.30. The molecule has 96 valence electrons. The van der Waals surface area contributed by atoms with E-state index < -0.39 is 0 Å². The molecule has 0 spiro atoms. The SMILES string of the molecule is C=C1CC(n2nc(C)c3c(N)ncnc32)C1.CC. The molecule has 2 N–H and O–H groups in total. The highest BCUT2D eigenvalue weighted by molar-refractivity contribution is 5.87. The number of anilines is 1. The van der Waals surface area contributed by atoms with Crippen molar-refractivity contribution in [2.75, 3.05) is 5.73 Å². The Morgan fingerprint density at radius 3 is 2.61 bits per heavy atom. The smallest absolute Gasteiger partial charge is 0.163 e. The van der Waals surface area contributed by atoms with Crippen LogP contribution in [0.1, 0.15) is 38.4 Å². The van der Waals surface area contributed by atoms with Gasteiger partial charge in [-0.3, -0.25) is 0 Å². The fraction of sp³-hybridized carbons (Fsp3) is 0.462. The molecule has 5 nitrogen and oxygen atoms in total. The van der Waals surface area contributed by atoms with Crippen LogP contribution in [0.25, 0.3) is 11.0 Å². The van der Waals surface area contributed by atoms with Crippen LogP contribution in [0.2, 0.25) is 0 Å². The Labute approximate surface area is 107 Å². The molecule has 0 aliphatic heterocycles. The summed E-state index contributed by atoms with van der Waals surface area (Å²) in [5.41, 5.74) is 8.84. The van der Waals surface area contributed by atoms with E-state index in [1.807, 2.05) is 25.5 Å². The highest BCUT2D eigenvalue weighted by Gasteiger charge is 2.27. The first kappa shape index (κ1) is 12.5. The van der Waals surface area contributed by atoms with E-state index in [0.717, 1.165) is 29.6 Å². The first-order valence-corrected chi connectivity index (χ1v) is 6.28. The molecule has 2 heterocycles. The maximum absolute atomic E-state index is 5.84. The number of aryl methyl sites for hydroxylation is 1. The van der Waals surface area contributed by atoms with E-state index >= 15 is 0 Å². The number of nitrogens with two attached hydrogens (primary N) is 1. The molecule has 0 amide bonds. The van der Waals surface area contributed by atoms with Gasteiger partial charge in [0.25, 0.3) is 0 Å². The molecule has 1 saturated carbocycles. The Kier molecular flexibility index (Phi) is 3.32. The molecular formula is C13H19N5. The summed E-state index contributed by atoms with van der Waals surface area (Å²) in [5, 5.41) is 5.38. The monoisotopic (exact) mass is 245 g/mol. The molecule has 3 rings (SSSR count). The van der Waals surface area contributed by atoms with Crippen molar-refractivity contribution in [3.05, 3.63) is 24.2 Å². The molecule has 2 aromatic rings. The van der Waals surface area contributed by atoms with Gasteiger partial charge < -0.3 is 5.73 Å². The first-order valence-electron chi connectivity index (χ1n) is 6.28. The van der Waals surface area contributed by atoms with Gasteiger partial charge in [0.05, 0.1) is 17.1 Å². The second kappa shape index (κ2) is 4.76. The normalized spacial score (nSPS) is 15.2. The van der Waals surface area contributed by atoms with Crippen LogP contribution in [-0.4, -0.2) is 19.7 Å². The van der Waals surface area contributed by atoms with Crippen molar-refractivity contribution in [2.24, 2.45) is 0 Å². The molecule has 0 atom stereocenters. The van der Waals surface area contributed by atoms with Crippen LogP contribution in [0.5, 0.6) is 0 Å². The van der Waals surface area contributed by atoms with Gasteiger partial charge >= 0.3 is 0 Å². The maximum atomic E-state index is 5.84. The van der Waals surface area contributed by atoms with Gasteiger partial charge in [-0.2, -0.15) is 5.10 Å². The van der Waals surface area contributed by atoms with Gasteiger partial charge in [0.2, 0.25) is 0 Å². The molecule has 1 aliphatic carbocycles. The summed E-state index contributed by atoms with van der Waals surface area (Å²) in [6.45, 7) is 9.88. The number of fused-ring (bicyclic) bond motifs is 1. The Balaban J connectivity index is 0.000000574. The predicted molar refractivity (Wildman–Crippen MR) is 73.2 cm³/mol. The third kappa shape index (κ3) is 1.85. The average molecular weight is 245 g/mol. The van der Waals surface area contributed by atoms with Crippen LogP contribution < -0.4 is 5.73 Å². The van der Waals surface area contributed by atoms with Crippen molar-refractivity contribution in [3.8, 4) is 0 Å². The molecule has 0 saturated heterocycles. The highest BCUT2D eigenvalue weighted by Crippen LogP contribution is 2.37. The van der Waals surface area contributed by atoms with Crippen LogP contribution in [0.15, 0.2) is 18.5 Å². The average Bonchev–Trinajstić information content (AvgIpc) is 2.67. The fourth-order valence-corrected chi connectivity index (χ4v) is 2.20. The lowest BCUT2D eigenvalue weighted by molar-refractivity contribution is 0.380. The fourth-order valence-electron chi connectivity index (χ4n) is 2.20. The van der Waals surface area contributed by atoms with Crippen molar-refractivity contribution < 1.29 is 0 Å². The molecule has 2 aromatic heterocycles. The minimum Gasteiger partial charge on any atom is -0.383 e. The van der Waals surface area contributed by atoms with E-state index in [2.05, 4.69) is 21.6 Å². The molecule has 0 bridgehead atoms. The molecular weight excluding hydrogens is 226 g/mol. The highest BCUT2D eigenvalue weighted by atomic mass is 15.3. The van der Waals surface area contributed by atoms with Gasteiger partial charge in [0, 0.05) is 0 Å². The lowest BCUT2D eigenvalue weighted by Crippen LogP contribution is -2.20. The van der Waals surface area contributed by atoms with Crippen LogP contribution in [0, 0.1) is 6.92 Å². The predicted octanol–water partition coefficient (Wildman–Crippen LogP) is 2.63. The van der Waals surface area contributed by atoms with Crippen LogP contribution >= 0.6 is 0 Å². The zero-order valence-electron chi connectivity index (χ0n) is 11.1. The number of aromatic nitrogens is 4. The Bertz CT molecular complexity index is 576.